The number of fused-ring (bicyclic) bond motifs is 1. The highest BCUT2D eigenvalue weighted by atomic mass is 16.5. The maximum Gasteiger partial charge on any atom is 0.273 e. The number of carbonyl (C=O) groups excluding carboxylic acids is 3. The van der Waals surface area contributed by atoms with Crippen molar-refractivity contribution >= 4 is 28.5 Å². The summed E-state index contributed by atoms with van der Waals surface area (Å²) in [4.78, 5) is 39.2. The molecule has 0 aliphatic heterocycles. The van der Waals surface area contributed by atoms with Crippen LogP contribution in [0.15, 0.2) is 42.5 Å². The number of nitrogens with one attached hydrogen (secondary N) is 3. The van der Waals surface area contributed by atoms with Crippen molar-refractivity contribution in [3.8, 4) is 0 Å². The van der Waals surface area contributed by atoms with Crippen molar-refractivity contribution in [2.75, 3.05) is 6.54 Å². The first kappa shape index (κ1) is 28.3. The highest BCUT2D eigenvalue weighted by molar-refractivity contribution is 5.93. The van der Waals surface area contributed by atoms with Crippen molar-refractivity contribution in [1.82, 2.24) is 16.1 Å². The molecule has 0 unspecified atom stereocenters. The Hall–Kier alpha value is -2.97. The van der Waals surface area contributed by atoms with Crippen molar-refractivity contribution in [2.24, 2.45) is 11.3 Å². The second kappa shape index (κ2) is 11.6. The van der Waals surface area contributed by atoms with Gasteiger partial charge in [-0.15, -0.1) is 0 Å². The zero-order chi connectivity index (χ0) is 26.4. The number of rotatable bonds is 9. The van der Waals surface area contributed by atoms with E-state index in [-0.39, 0.29) is 12.3 Å². The minimum Gasteiger partial charge on any atom is -0.362 e. The summed E-state index contributed by atoms with van der Waals surface area (Å²) in [5, 5.41) is 17.1. The van der Waals surface area contributed by atoms with Crippen molar-refractivity contribution in [2.45, 2.75) is 72.6 Å². The van der Waals surface area contributed by atoms with Gasteiger partial charge in [0.25, 0.3) is 5.91 Å². The van der Waals surface area contributed by atoms with Gasteiger partial charge in [-0.05, 0) is 55.9 Å². The Labute approximate surface area is 207 Å². The summed E-state index contributed by atoms with van der Waals surface area (Å²) in [6, 6.07) is 12.8. The molecule has 0 saturated carbocycles. The molecule has 0 radical (unpaired) electrons. The lowest BCUT2D eigenvalue weighted by atomic mass is 9.84. The molecule has 0 fully saturated rings. The number of hydroxylamine groups is 1. The van der Waals surface area contributed by atoms with Crippen LogP contribution in [0.5, 0.6) is 0 Å². The van der Waals surface area contributed by atoms with E-state index in [4.69, 9.17) is 4.74 Å². The van der Waals surface area contributed by atoms with Crippen LogP contribution in [0.1, 0.15) is 54.0 Å². The number of carbonyl (C=O) groups is 3. The summed E-state index contributed by atoms with van der Waals surface area (Å²) >= 11 is 0. The van der Waals surface area contributed by atoms with Gasteiger partial charge in [0.05, 0.1) is 11.5 Å². The average molecular weight is 486 g/mol. The molecule has 192 valence electrons. The predicted octanol–water partition coefficient (Wildman–Crippen LogP) is 3.35. The van der Waals surface area contributed by atoms with E-state index >= 15 is 0 Å². The number of likely N-dealkylation sites (N-methyl/N-ethyl adjacent to an activating group) is 1. The van der Waals surface area contributed by atoms with Crippen LogP contribution in [0.3, 0.4) is 0 Å². The molecule has 8 heteroatoms. The van der Waals surface area contributed by atoms with Gasteiger partial charge in [-0.1, -0.05) is 63.2 Å². The van der Waals surface area contributed by atoms with Gasteiger partial charge in [0.1, 0.15) is 6.04 Å². The van der Waals surface area contributed by atoms with Gasteiger partial charge in [0, 0.05) is 6.54 Å². The van der Waals surface area contributed by atoms with E-state index in [0.29, 0.717) is 6.54 Å². The maximum absolute atomic E-state index is 13.7. The molecule has 3 atom stereocenters. The first-order chi connectivity index (χ1) is 16.3. The van der Waals surface area contributed by atoms with Gasteiger partial charge in [-0.3, -0.25) is 19.6 Å². The second-order valence-corrected chi connectivity index (χ2v) is 10.8. The standard InChI is InChI=1S/C27H39N3O5/c1-8-28-25(33)22(26(2,3)4)29-23(31)20(21(24(32)30-34)35-27(5,6)7)16-17-13-14-18-11-9-10-12-19(18)15-17/h9-15,20-22,34H,8,16H2,1-7H3,(H,28,33)(H,29,31)(H,30,32)/t20-,21+,22-/m1/s1. The number of ether oxygens (including phenoxy) is 1. The highest BCUT2D eigenvalue weighted by Crippen LogP contribution is 2.26. The van der Waals surface area contributed by atoms with Crippen LogP contribution in [0, 0.1) is 11.3 Å². The summed E-state index contributed by atoms with van der Waals surface area (Å²) in [6.07, 6.45) is -1.13. The third-order valence-corrected chi connectivity index (χ3v) is 5.59. The van der Waals surface area contributed by atoms with Crippen LogP contribution in [0.4, 0.5) is 0 Å². The lowest BCUT2D eigenvalue weighted by Crippen LogP contribution is -2.57. The molecule has 0 spiro atoms. The van der Waals surface area contributed by atoms with E-state index < -0.39 is 40.9 Å². The number of hydrogen-bond donors (Lipinski definition) is 4. The van der Waals surface area contributed by atoms with Crippen LogP contribution < -0.4 is 16.1 Å². The van der Waals surface area contributed by atoms with Crippen LogP contribution in [-0.2, 0) is 25.5 Å². The number of amides is 3. The third kappa shape index (κ3) is 8.04. The van der Waals surface area contributed by atoms with Crippen molar-refractivity contribution < 1.29 is 24.3 Å². The number of benzene rings is 2. The molecule has 0 heterocycles. The Morgan fingerprint density at radius 3 is 2.09 bits per heavy atom. The molecule has 4 N–H and O–H groups in total. The van der Waals surface area contributed by atoms with Crippen molar-refractivity contribution in [1.29, 1.82) is 0 Å². The predicted molar refractivity (Wildman–Crippen MR) is 136 cm³/mol. The molecule has 2 rings (SSSR count). The minimum absolute atomic E-state index is 0.164. The second-order valence-electron chi connectivity index (χ2n) is 10.8. The fraction of sp³-hybridized carbons (Fsp3) is 0.519. The van der Waals surface area contributed by atoms with Crippen LogP contribution in [0.2, 0.25) is 0 Å². The Kier molecular flexibility index (Phi) is 9.40. The lowest BCUT2D eigenvalue weighted by Gasteiger charge is -2.35. The Balaban J connectivity index is 2.49. The summed E-state index contributed by atoms with van der Waals surface area (Å²) in [5.41, 5.74) is 1.11. The lowest BCUT2D eigenvalue weighted by molar-refractivity contribution is -0.162. The molecule has 2 aromatic rings. The summed E-state index contributed by atoms with van der Waals surface area (Å²) in [7, 11) is 0. The van der Waals surface area contributed by atoms with Gasteiger partial charge in [-0.2, -0.15) is 0 Å². The Morgan fingerprint density at radius 2 is 1.54 bits per heavy atom. The molecule has 3 amide bonds. The smallest absolute Gasteiger partial charge is 0.273 e. The quantitative estimate of drug-likeness (QED) is 0.321. The zero-order valence-corrected chi connectivity index (χ0v) is 21.8. The number of hydrogen-bond acceptors (Lipinski definition) is 5. The third-order valence-electron chi connectivity index (χ3n) is 5.59. The molecular formula is C27H39N3O5. The van der Waals surface area contributed by atoms with Crippen molar-refractivity contribution in [3.63, 3.8) is 0 Å². The van der Waals surface area contributed by atoms with E-state index in [1.807, 2.05) is 63.2 Å². The molecule has 0 aliphatic rings. The largest absolute Gasteiger partial charge is 0.362 e. The minimum atomic E-state index is -1.29. The van der Waals surface area contributed by atoms with E-state index in [1.54, 1.807) is 33.2 Å². The molecule has 0 bridgehead atoms. The van der Waals surface area contributed by atoms with Gasteiger partial charge in [0.15, 0.2) is 6.10 Å². The molecule has 35 heavy (non-hydrogen) atoms. The van der Waals surface area contributed by atoms with Crippen molar-refractivity contribution in [3.05, 3.63) is 48.0 Å². The first-order valence-electron chi connectivity index (χ1n) is 11.9. The van der Waals surface area contributed by atoms with E-state index in [1.165, 1.54) is 0 Å². The maximum atomic E-state index is 13.7. The van der Waals surface area contributed by atoms with E-state index in [9.17, 15) is 19.6 Å². The molecule has 8 nitrogen and oxygen atoms in total. The van der Waals surface area contributed by atoms with E-state index in [0.717, 1.165) is 16.3 Å². The SMILES string of the molecule is CCNC(=O)[C@@H](NC(=O)[C@H](Cc1ccc2ccccc2c1)[C@H](OC(C)(C)C)C(=O)NO)C(C)(C)C. The Bertz CT molecular complexity index is 1040. The molecule has 0 aliphatic carbocycles. The van der Waals surface area contributed by atoms with Gasteiger partial charge in [-0.25, -0.2) is 5.48 Å². The zero-order valence-electron chi connectivity index (χ0n) is 21.8. The van der Waals surface area contributed by atoms with E-state index in [2.05, 4.69) is 10.6 Å². The van der Waals surface area contributed by atoms with Gasteiger partial charge in [0.2, 0.25) is 11.8 Å². The fourth-order valence-corrected chi connectivity index (χ4v) is 3.92. The molecule has 2 aromatic carbocycles. The summed E-state index contributed by atoms with van der Waals surface area (Å²) < 4.78 is 5.98. The van der Waals surface area contributed by atoms with Crippen LogP contribution in [-0.4, -0.2) is 47.2 Å². The molecule has 0 saturated heterocycles. The highest BCUT2D eigenvalue weighted by Gasteiger charge is 2.41. The van der Waals surface area contributed by atoms with Gasteiger partial charge >= 0.3 is 0 Å². The van der Waals surface area contributed by atoms with Crippen LogP contribution >= 0.6 is 0 Å². The molecular weight excluding hydrogens is 446 g/mol. The summed E-state index contributed by atoms with van der Waals surface area (Å²) in [5.74, 6) is -2.66. The van der Waals surface area contributed by atoms with Crippen LogP contribution in [0.25, 0.3) is 10.8 Å². The normalized spacial score (nSPS) is 14.6. The topological polar surface area (TPSA) is 117 Å². The summed E-state index contributed by atoms with van der Waals surface area (Å²) in [6.45, 7) is 13.1. The van der Waals surface area contributed by atoms with Gasteiger partial charge < -0.3 is 15.4 Å². The molecule has 0 aromatic heterocycles. The monoisotopic (exact) mass is 485 g/mol. The fourth-order valence-electron chi connectivity index (χ4n) is 3.92. The first-order valence-corrected chi connectivity index (χ1v) is 11.9. The Morgan fingerprint density at radius 1 is 0.914 bits per heavy atom. The average Bonchev–Trinajstić information content (AvgIpc) is 2.77.